The van der Waals surface area contributed by atoms with Crippen LogP contribution in [0.25, 0.3) is 28.0 Å². The summed E-state index contributed by atoms with van der Waals surface area (Å²) < 4.78 is 12.3. The first-order valence-corrected chi connectivity index (χ1v) is 10.2. The Kier molecular flexibility index (Phi) is 6.09. The first-order chi connectivity index (χ1) is 15.5. The second-order valence-corrected chi connectivity index (χ2v) is 7.55. The van der Waals surface area contributed by atoms with Gasteiger partial charge in [-0.2, -0.15) is 4.98 Å². The van der Waals surface area contributed by atoms with Gasteiger partial charge in [0.15, 0.2) is 5.65 Å². The smallest absolute Gasteiger partial charge is 0.225 e. The van der Waals surface area contributed by atoms with Crippen molar-refractivity contribution < 1.29 is 9.47 Å². The summed E-state index contributed by atoms with van der Waals surface area (Å²) in [5.74, 6) is 2.45. The Balaban J connectivity index is 1.86. The Labute approximate surface area is 186 Å². The highest BCUT2D eigenvalue weighted by Crippen LogP contribution is 2.34. The van der Waals surface area contributed by atoms with Crippen LogP contribution < -0.4 is 20.5 Å². The van der Waals surface area contributed by atoms with E-state index in [2.05, 4.69) is 20.3 Å². The van der Waals surface area contributed by atoms with Gasteiger partial charge in [0, 0.05) is 18.7 Å². The van der Waals surface area contributed by atoms with Crippen molar-refractivity contribution >= 4 is 22.8 Å². The minimum Gasteiger partial charge on any atom is -0.497 e. The fourth-order valence-corrected chi connectivity index (χ4v) is 3.38. The van der Waals surface area contributed by atoms with Gasteiger partial charge < -0.3 is 25.4 Å². The predicted octanol–water partition coefficient (Wildman–Crippen LogP) is 3.06. The van der Waals surface area contributed by atoms with Gasteiger partial charge in [-0.05, 0) is 50.5 Å². The molecule has 0 saturated heterocycles. The molecule has 0 unspecified atom stereocenters. The molecule has 0 amide bonds. The number of anilines is 2. The first-order valence-electron chi connectivity index (χ1n) is 10.2. The lowest BCUT2D eigenvalue weighted by Crippen LogP contribution is -2.21. The average Bonchev–Trinajstić information content (AvgIpc) is 3.14. The van der Waals surface area contributed by atoms with Crippen LogP contribution in [-0.4, -0.2) is 66.1 Å². The molecule has 3 N–H and O–H groups in total. The van der Waals surface area contributed by atoms with Crippen LogP contribution in [0, 0.1) is 0 Å². The molecule has 0 atom stereocenters. The van der Waals surface area contributed by atoms with Crippen LogP contribution in [0.3, 0.4) is 0 Å². The molecule has 0 aliphatic rings. The van der Waals surface area contributed by atoms with Crippen LogP contribution in [0.4, 0.5) is 11.8 Å². The molecule has 4 aromatic rings. The standard InChI is InChI=1S/C23H27N7O2/c1-29(2)13-12-25-23-26-20(15-6-5-7-18(14-15)32-4)19-21(24)30(28-22(19)27-23)16-8-10-17(31-3)11-9-16/h5-11,14H,12-13,24H2,1-4H3,(H,25,27,28). The average molecular weight is 434 g/mol. The number of nitrogens with two attached hydrogens (primary N) is 1. The maximum atomic E-state index is 6.57. The maximum absolute atomic E-state index is 6.57. The lowest BCUT2D eigenvalue weighted by Gasteiger charge is -2.12. The summed E-state index contributed by atoms with van der Waals surface area (Å²) in [5.41, 5.74) is 9.45. The highest BCUT2D eigenvalue weighted by Gasteiger charge is 2.19. The summed E-state index contributed by atoms with van der Waals surface area (Å²) >= 11 is 0. The number of rotatable bonds is 8. The number of nitrogens with one attached hydrogen (secondary N) is 1. The molecular formula is C23H27N7O2. The minimum absolute atomic E-state index is 0.461. The molecule has 0 spiro atoms. The lowest BCUT2D eigenvalue weighted by atomic mass is 10.1. The van der Waals surface area contributed by atoms with E-state index in [1.54, 1.807) is 18.9 Å². The van der Waals surface area contributed by atoms with Gasteiger partial charge in [-0.15, -0.1) is 5.10 Å². The van der Waals surface area contributed by atoms with E-state index >= 15 is 0 Å². The van der Waals surface area contributed by atoms with Crippen LogP contribution in [0.15, 0.2) is 48.5 Å². The van der Waals surface area contributed by atoms with E-state index < -0.39 is 0 Å². The second-order valence-electron chi connectivity index (χ2n) is 7.55. The summed E-state index contributed by atoms with van der Waals surface area (Å²) in [4.78, 5) is 11.5. The maximum Gasteiger partial charge on any atom is 0.225 e. The van der Waals surface area contributed by atoms with Gasteiger partial charge in [-0.3, -0.25) is 0 Å². The number of likely N-dealkylation sites (N-methyl/N-ethyl adjacent to an activating group) is 1. The predicted molar refractivity (Wildman–Crippen MR) is 127 cm³/mol. The zero-order valence-corrected chi connectivity index (χ0v) is 18.7. The molecule has 2 aromatic heterocycles. The van der Waals surface area contributed by atoms with E-state index in [0.29, 0.717) is 35.0 Å². The number of nitrogens with zero attached hydrogens (tertiary/aromatic N) is 5. The highest BCUT2D eigenvalue weighted by atomic mass is 16.5. The molecule has 9 nitrogen and oxygen atoms in total. The molecule has 0 saturated carbocycles. The quantitative estimate of drug-likeness (QED) is 0.437. The Bertz CT molecular complexity index is 1220. The summed E-state index contributed by atoms with van der Waals surface area (Å²) in [6.45, 7) is 1.54. The van der Waals surface area contributed by atoms with Crippen molar-refractivity contribution in [2.45, 2.75) is 0 Å². The van der Waals surface area contributed by atoms with Gasteiger partial charge in [0.1, 0.15) is 17.3 Å². The summed E-state index contributed by atoms with van der Waals surface area (Å²) in [7, 11) is 7.31. The number of aromatic nitrogens is 4. The van der Waals surface area contributed by atoms with Gasteiger partial charge >= 0.3 is 0 Å². The van der Waals surface area contributed by atoms with E-state index in [-0.39, 0.29) is 0 Å². The second kappa shape index (κ2) is 9.11. The van der Waals surface area contributed by atoms with E-state index in [0.717, 1.165) is 29.3 Å². The molecule has 32 heavy (non-hydrogen) atoms. The summed E-state index contributed by atoms with van der Waals surface area (Å²) in [6, 6.07) is 15.2. The van der Waals surface area contributed by atoms with Crippen LogP contribution in [0.5, 0.6) is 11.5 Å². The third kappa shape index (κ3) is 4.28. The van der Waals surface area contributed by atoms with Crippen molar-refractivity contribution in [1.29, 1.82) is 0 Å². The van der Waals surface area contributed by atoms with E-state index in [9.17, 15) is 0 Å². The van der Waals surface area contributed by atoms with Crippen molar-refractivity contribution in [2.75, 3.05) is 52.5 Å². The third-order valence-corrected chi connectivity index (χ3v) is 5.07. The van der Waals surface area contributed by atoms with E-state index in [1.807, 2.05) is 62.6 Å². The van der Waals surface area contributed by atoms with Crippen molar-refractivity contribution in [1.82, 2.24) is 24.6 Å². The Morgan fingerprint density at radius 2 is 1.75 bits per heavy atom. The molecule has 0 aliphatic carbocycles. The van der Waals surface area contributed by atoms with E-state index in [4.69, 9.17) is 20.2 Å². The topological polar surface area (TPSA) is 103 Å². The zero-order chi connectivity index (χ0) is 22.7. The van der Waals surface area contributed by atoms with Crippen molar-refractivity contribution in [3.05, 3.63) is 48.5 Å². The number of ether oxygens (including phenoxy) is 2. The fraction of sp³-hybridized carbons (Fsp3) is 0.261. The van der Waals surface area contributed by atoms with Crippen LogP contribution >= 0.6 is 0 Å². The molecule has 0 radical (unpaired) electrons. The molecule has 2 heterocycles. The molecular weight excluding hydrogens is 406 g/mol. The van der Waals surface area contributed by atoms with Crippen molar-refractivity contribution in [3.8, 4) is 28.4 Å². The number of hydrogen-bond acceptors (Lipinski definition) is 8. The molecule has 4 rings (SSSR count). The number of nitrogen functional groups attached to an aromatic ring is 1. The van der Waals surface area contributed by atoms with Crippen molar-refractivity contribution in [2.24, 2.45) is 0 Å². The normalized spacial score (nSPS) is 11.2. The fourth-order valence-electron chi connectivity index (χ4n) is 3.38. The molecule has 166 valence electrons. The Hall–Kier alpha value is -3.85. The van der Waals surface area contributed by atoms with Gasteiger partial charge in [-0.1, -0.05) is 12.1 Å². The Morgan fingerprint density at radius 3 is 2.44 bits per heavy atom. The monoisotopic (exact) mass is 433 g/mol. The number of hydrogen-bond donors (Lipinski definition) is 2. The highest BCUT2D eigenvalue weighted by molar-refractivity contribution is 5.99. The first kappa shape index (κ1) is 21.4. The molecule has 0 aliphatic heterocycles. The molecule has 2 aromatic carbocycles. The van der Waals surface area contributed by atoms with Gasteiger partial charge in [-0.25, -0.2) is 9.67 Å². The third-order valence-electron chi connectivity index (χ3n) is 5.07. The molecule has 0 bridgehead atoms. The SMILES string of the molecule is COc1ccc(-n2nc3nc(NCCN(C)C)nc(-c4cccc(OC)c4)c3c2N)cc1. The van der Waals surface area contributed by atoms with Gasteiger partial charge in [0.05, 0.1) is 31.0 Å². The van der Waals surface area contributed by atoms with Gasteiger partial charge in [0.25, 0.3) is 0 Å². The number of fused-ring (bicyclic) bond motifs is 1. The van der Waals surface area contributed by atoms with Gasteiger partial charge in [0.2, 0.25) is 5.95 Å². The van der Waals surface area contributed by atoms with Crippen LogP contribution in [-0.2, 0) is 0 Å². The molecule has 9 heteroatoms. The van der Waals surface area contributed by atoms with Crippen molar-refractivity contribution in [3.63, 3.8) is 0 Å². The zero-order valence-electron chi connectivity index (χ0n) is 18.7. The number of benzene rings is 2. The largest absolute Gasteiger partial charge is 0.497 e. The van der Waals surface area contributed by atoms with Crippen LogP contribution in [0.1, 0.15) is 0 Å². The summed E-state index contributed by atoms with van der Waals surface area (Å²) in [5, 5.41) is 8.66. The molecule has 0 fully saturated rings. The lowest BCUT2D eigenvalue weighted by molar-refractivity contribution is 0.414. The van der Waals surface area contributed by atoms with Crippen LogP contribution in [0.2, 0.25) is 0 Å². The minimum atomic E-state index is 0.461. The Morgan fingerprint density at radius 1 is 1.00 bits per heavy atom. The summed E-state index contributed by atoms with van der Waals surface area (Å²) in [6.07, 6.45) is 0. The number of methoxy groups -OCH3 is 2. The van der Waals surface area contributed by atoms with E-state index in [1.165, 1.54) is 0 Å².